The number of carbonyl (C=O) groups excluding carboxylic acids is 1. The Morgan fingerprint density at radius 3 is 2.38 bits per heavy atom. The van der Waals surface area contributed by atoms with Crippen molar-refractivity contribution in [2.24, 2.45) is 0 Å². The average Bonchev–Trinajstić information content (AvgIpc) is 2.64. The lowest BCUT2D eigenvalue weighted by molar-refractivity contribution is -0.123. The lowest BCUT2D eigenvalue weighted by atomic mass is 10.1. The summed E-state index contributed by atoms with van der Waals surface area (Å²) in [6.07, 6.45) is 0. The van der Waals surface area contributed by atoms with Gasteiger partial charge in [0.05, 0.1) is 6.54 Å². The van der Waals surface area contributed by atoms with E-state index >= 15 is 0 Å². The molecule has 3 aromatic rings. The molecule has 0 heterocycles. The molecule has 0 fully saturated rings. The van der Waals surface area contributed by atoms with Gasteiger partial charge in [-0.15, -0.1) is 0 Å². The van der Waals surface area contributed by atoms with E-state index in [-0.39, 0.29) is 12.5 Å². The van der Waals surface area contributed by atoms with Crippen LogP contribution in [0.25, 0.3) is 10.8 Å². The molecule has 4 nitrogen and oxygen atoms in total. The van der Waals surface area contributed by atoms with Crippen molar-refractivity contribution in [3.63, 3.8) is 0 Å². The van der Waals surface area contributed by atoms with Crippen LogP contribution in [0, 0.1) is 0 Å². The van der Waals surface area contributed by atoms with Crippen molar-refractivity contribution in [3.8, 4) is 11.5 Å². The fourth-order valence-electron chi connectivity index (χ4n) is 2.33. The number of nitrogens with one attached hydrogen (secondary N) is 1. The molecule has 0 aliphatic carbocycles. The van der Waals surface area contributed by atoms with Crippen LogP contribution in [0.15, 0.2) is 72.8 Å². The summed E-state index contributed by atoms with van der Waals surface area (Å²) in [5.74, 6) is 1.31. The van der Waals surface area contributed by atoms with Crippen LogP contribution in [0.5, 0.6) is 11.5 Å². The Balaban J connectivity index is 1.40. The highest BCUT2D eigenvalue weighted by Crippen LogP contribution is 2.20. The van der Waals surface area contributed by atoms with E-state index in [9.17, 15) is 4.79 Å². The summed E-state index contributed by atoms with van der Waals surface area (Å²) in [7, 11) is 0. The molecule has 1 N–H and O–H groups in total. The first-order valence-corrected chi connectivity index (χ1v) is 7.87. The van der Waals surface area contributed by atoms with Crippen molar-refractivity contribution in [2.75, 3.05) is 19.8 Å². The summed E-state index contributed by atoms with van der Waals surface area (Å²) in [6, 6.07) is 23.3. The monoisotopic (exact) mass is 321 g/mol. The van der Waals surface area contributed by atoms with E-state index in [4.69, 9.17) is 9.47 Å². The molecular weight excluding hydrogens is 302 g/mol. The predicted molar refractivity (Wildman–Crippen MR) is 94.4 cm³/mol. The minimum absolute atomic E-state index is 0.0102. The Morgan fingerprint density at radius 1 is 0.792 bits per heavy atom. The zero-order valence-corrected chi connectivity index (χ0v) is 13.3. The van der Waals surface area contributed by atoms with Gasteiger partial charge in [0.25, 0.3) is 5.91 Å². The number of hydrogen-bond donors (Lipinski definition) is 1. The van der Waals surface area contributed by atoms with Gasteiger partial charge in [0, 0.05) is 0 Å². The Morgan fingerprint density at radius 2 is 1.54 bits per heavy atom. The first-order chi connectivity index (χ1) is 11.8. The molecule has 0 atom stereocenters. The maximum absolute atomic E-state index is 11.8. The van der Waals surface area contributed by atoms with E-state index in [1.54, 1.807) is 0 Å². The van der Waals surface area contributed by atoms with Crippen LogP contribution in [0.2, 0.25) is 0 Å². The van der Waals surface area contributed by atoms with Gasteiger partial charge in [-0.05, 0) is 35.0 Å². The van der Waals surface area contributed by atoms with E-state index in [1.165, 1.54) is 0 Å². The summed E-state index contributed by atoms with van der Waals surface area (Å²) in [5.41, 5.74) is 0. The molecule has 0 aliphatic heterocycles. The van der Waals surface area contributed by atoms with Gasteiger partial charge in [-0.2, -0.15) is 0 Å². The van der Waals surface area contributed by atoms with Crippen LogP contribution in [-0.4, -0.2) is 25.7 Å². The van der Waals surface area contributed by atoms with Crippen LogP contribution in [0.4, 0.5) is 0 Å². The minimum Gasteiger partial charge on any atom is -0.492 e. The van der Waals surface area contributed by atoms with Crippen LogP contribution in [0.3, 0.4) is 0 Å². The number of benzene rings is 3. The van der Waals surface area contributed by atoms with E-state index in [2.05, 4.69) is 5.32 Å². The molecular formula is C20H19NO3. The lowest BCUT2D eigenvalue weighted by Gasteiger charge is -2.09. The molecule has 0 aromatic heterocycles. The Kier molecular flexibility index (Phi) is 5.30. The molecule has 0 saturated carbocycles. The zero-order valence-electron chi connectivity index (χ0n) is 13.3. The first kappa shape index (κ1) is 15.9. The fraction of sp³-hybridized carbons (Fsp3) is 0.150. The van der Waals surface area contributed by atoms with Gasteiger partial charge in [0.1, 0.15) is 18.1 Å². The molecule has 4 heteroatoms. The molecule has 3 rings (SSSR count). The number of para-hydroxylation sites is 1. The largest absolute Gasteiger partial charge is 0.492 e. The third-order valence-corrected chi connectivity index (χ3v) is 3.53. The number of rotatable bonds is 7. The number of amides is 1. The normalized spacial score (nSPS) is 10.3. The highest BCUT2D eigenvalue weighted by atomic mass is 16.5. The third-order valence-electron chi connectivity index (χ3n) is 3.53. The summed E-state index contributed by atoms with van der Waals surface area (Å²) < 4.78 is 11.1. The maximum Gasteiger partial charge on any atom is 0.258 e. The second-order valence-corrected chi connectivity index (χ2v) is 5.31. The standard InChI is InChI=1S/C20H19NO3/c22-20(21-12-13-23-18-8-2-1-3-9-18)15-24-19-11-10-16-6-4-5-7-17(16)14-19/h1-11,14H,12-13,15H2,(H,21,22). The van der Waals surface area contributed by atoms with Crippen LogP contribution in [-0.2, 0) is 4.79 Å². The Bertz CT molecular complexity index is 802. The van der Waals surface area contributed by atoms with Gasteiger partial charge in [-0.25, -0.2) is 0 Å². The van der Waals surface area contributed by atoms with Crippen molar-refractivity contribution in [3.05, 3.63) is 72.8 Å². The topological polar surface area (TPSA) is 47.6 Å². The highest BCUT2D eigenvalue weighted by molar-refractivity contribution is 5.84. The molecule has 1 amide bonds. The number of carbonyl (C=O) groups is 1. The van der Waals surface area contributed by atoms with Crippen molar-refractivity contribution in [2.45, 2.75) is 0 Å². The van der Waals surface area contributed by atoms with Gasteiger partial charge in [-0.3, -0.25) is 4.79 Å². The van der Waals surface area contributed by atoms with Crippen molar-refractivity contribution < 1.29 is 14.3 Å². The summed E-state index contributed by atoms with van der Waals surface area (Å²) in [5, 5.41) is 5.01. The van der Waals surface area contributed by atoms with Crippen LogP contribution >= 0.6 is 0 Å². The first-order valence-electron chi connectivity index (χ1n) is 7.87. The van der Waals surface area contributed by atoms with Crippen LogP contribution in [0.1, 0.15) is 0 Å². The summed E-state index contributed by atoms with van der Waals surface area (Å²) in [4.78, 5) is 11.8. The number of ether oxygens (including phenoxy) is 2. The third kappa shape index (κ3) is 4.49. The highest BCUT2D eigenvalue weighted by Gasteiger charge is 2.03. The van der Waals surface area contributed by atoms with Crippen molar-refractivity contribution in [1.82, 2.24) is 5.32 Å². The predicted octanol–water partition coefficient (Wildman–Crippen LogP) is 3.41. The molecule has 0 unspecified atom stereocenters. The van der Waals surface area contributed by atoms with E-state index in [1.807, 2.05) is 72.8 Å². The van der Waals surface area contributed by atoms with E-state index in [0.717, 1.165) is 16.5 Å². The summed E-state index contributed by atoms with van der Waals surface area (Å²) >= 11 is 0. The van der Waals surface area contributed by atoms with Crippen molar-refractivity contribution in [1.29, 1.82) is 0 Å². The van der Waals surface area contributed by atoms with Crippen LogP contribution < -0.4 is 14.8 Å². The van der Waals surface area contributed by atoms with Gasteiger partial charge in [0.2, 0.25) is 0 Å². The molecule has 0 bridgehead atoms. The van der Waals surface area contributed by atoms with Crippen molar-refractivity contribution >= 4 is 16.7 Å². The summed E-state index contributed by atoms with van der Waals surface area (Å²) in [6.45, 7) is 0.851. The van der Waals surface area contributed by atoms with Gasteiger partial charge < -0.3 is 14.8 Å². The molecule has 0 spiro atoms. The van der Waals surface area contributed by atoms with Gasteiger partial charge in [-0.1, -0.05) is 48.5 Å². The average molecular weight is 321 g/mol. The second-order valence-electron chi connectivity index (χ2n) is 5.31. The minimum atomic E-state index is -0.167. The molecule has 122 valence electrons. The van der Waals surface area contributed by atoms with E-state index in [0.29, 0.717) is 18.9 Å². The number of hydrogen-bond acceptors (Lipinski definition) is 3. The zero-order chi connectivity index (χ0) is 16.6. The quantitative estimate of drug-likeness (QED) is 0.678. The molecule has 3 aromatic carbocycles. The Labute approximate surface area is 141 Å². The SMILES string of the molecule is O=C(COc1ccc2ccccc2c1)NCCOc1ccccc1. The smallest absolute Gasteiger partial charge is 0.258 e. The molecule has 24 heavy (non-hydrogen) atoms. The van der Waals surface area contributed by atoms with Gasteiger partial charge >= 0.3 is 0 Å². The molecule has 0 saturated heterocycles. The van der Waals surface area contributed by atoms with Gasteiger partial charge in [0.15, 0.2) is 6.61 Å². The number of fused-ring (bicyclic) bond motifs is 1. The lowest BCUT2D eigenvalue weighted by Crippen LogP contribution is -2.32. The second kappa shape index (κ2) is 8.02. The Hall–Kier alpha value is -3.01. The molecule has 0 aliphatic rings. The molecule has 0 radical (unpaired) electrons. The van der Waals surface area contributed by atoms with E-state index < -0.39 is 0 Å². The maximum atomic E-state index is 11.8. The fourth-order valence-corrected chi connectivity index (χ4v) is 2.33.